The van der Waals surface area contributed by atoms with Crippen LogP contribution in [0.5, 0.6) is 0 Å². The highest BCUT2D eigenvalue weighted by Gasteiger charge is 1.96. The highest BCUT2D eigenvalue weighted by Crippen LogP contribution is 2.14. The number of unbranched alkanes of at least 4 members (excludes halogenated alkanes) is 1. The first-order valence-electron chi connectivity index (χ1n) is 5.43. The summed E-state index contributed by atoms with van der Waals surface area (Å²) in [6.45, 7) is 4.59. The monoisotopic (exact) mass is 202 g/mol. The Labute approximate surface area is 92.1 Å². The highest BCUT2D eigenvalue weighted by atomic mass is 16.2. The van der Waals surface area contributed by atoms with E-state index < -0.39 is 0 Å². The Balaban J connectivity index is 2.59. The average molecular weight is 202 g/mol. The van der Waals surface area contributed by atoms with E-state index in [1.165, 1.54) is 5.56 Å². The highest BCUT2D eigenvalue weighted by molar-refractivity contribution is 5.36. The van der Waals surface area contributed by atoms with Gasteiger partial charge >= 0.3 is 0 Å². The molecule has 0 aliphatic rings. The molecule has 0 atom stereocenters. The van der Waals surface area contributed by atoms with Crippen molar-refractivity contribution in [1.82, 2.24) is 0 Å². The van der Waals surface area contributed by atoms with E-state index in [-0.39, 0.29) is 6.61 Å². The molecule has 0 bridgehead atoms. The molecule has 15 heavy (non-hydrogen) atoms. The molecule has 0 aromatic heterocycles. The van der Waals surface area contributed by atoms with Crippen molar-refractivity contribution in [2.24, 2.45) is 0 Å². The van der Waals surface area contributed by atoms with Crippen molar-refractivity contribution in [2.75, 3.05) is 6.61 Å². The summed E-state index contributed by atoms with van der Waals surface area (Å²) in [6.07, 6.45) is 1.53. The topological polar surface area (TPSA) is 20.2 Å². The van der Waals surface area contributed by atoms with Crippen LogP contribution in [0.15, 0.2) is 24.3 Å². The molecule has 0 fully saturated rings. The summed E-state index contributed by atoms with van der Waals surface area (Å²) in [5, 5.41) is 8.59. The molecule has 0 unspecified atom stereocenters. The van der Waals surface area contributed by atoms with E-state index in [1.807, 2.05) is 0 Å². The lowest BCUT2D eigenvalue weighted by atomic mass is 10.0. The molecular weight excluding hydrogens is 184 g/mol. The Kier molecular flexibility index (Phi) is 4.93. The van der Waals surface area contributed by atoms with Crippen LogP contribution in [-0.2, 0) is 0 Å². The van der Waals surface area contributed by atoms with Crippen LogP contribution in [0.2, 0.25) is 0 Å². The van der Waals surface area contributed by atoms with E-state index in [0.717, 1.165) is 18.4 Å². The van der Waals surface area contributed by atoms with Crippen molar-refractivity contribution in [1.29, 1.82) is 0 Å². The molecule has 1 heteroatoms. The number of benzene rings is 1. The largest absolute Gasteiger partial charge is 0.396 e. The first-order chi connectivity index (χ1) is 7.24. The maximum Gasteiger partial charge on any atom is 0.0440 e. The van der Waals surface area contributed by atoms with Crippen molar-refractivity contribution >= 4 is 0 Å². The van der Waals surface area contributed by atoms with Gasteiger partial charge in [-0.25, -0.2) is 0 Å². The van der Waals surface area contributed by atoms with E-state index in [2.05, 4.69) is 50.0 Å². The van der Waals surface area contributed by atoms with E-state index in [9.17, 15) is 0 Å². The summed E-state index contributed by atoms with van der Waals surface area (Å²) < 4.78 is 0. The predicted octanol–water partition coefficient (Wildman–Crippen LogP) is 2.93. The molecule has 0 heterocycles. The number of hydrogen-bond acceptors (Lipinski definition) is 1. The smallest absolute Gasteiger partial charge is 0.0440 e. The van der Waals surface area contributed by atoms with Crippen LogP contribution < -0.4 is 0 Å². The molecule has 1 aromatic rings. The number of aliphatic hydroxyl groups is 1. The molecule has 0 amide bonds. The third-order valence-corrected chi connectivity index (χ3v) is 2.27. The van der Waals surface area contributed by atoms with Crippen LogP contribution in [0.4, 0.5) is 0 Å². The van der Waals surface area contributed by atoms with Crippen LogP contribution in [-0.4, -0.2) is 11.7 Å². The van der Waals surface area contributed by atoms with E-state index >= 15 is 0 Å². The Morgan fingerprint density at radius 3 is 2.40 bits per heavy atom. The fourth-order valence-electron chi connectivity index (χ4n) is 1.28. The van der Waals surface area contributed by atoms with Crippen molar-refractivity contribution in [3.05, 3.63) is 35.4 Å². The second-order valence-corrected chi connectivity index (χ2v) is 3.91. The molecule has 1 nitrogen and oxygen atoms in total. The zero-order valence-electron chi connectivity index (χ0n) is 9.46. The van der Waals surface area contributed by atoms with Gasteiger partial charge in [0, 0.05) is 18.6 Å². The minimum absolute atomic E-state index is 0.223. The fraction of sp³-hybridized carbons (Fsp3) is 0.429. The summed E-state index contributed by atoms with van der Waals surface area (Å²) in [5.74, 6) is 6.70. The molecule has 0 aliphatic carbocycles. The summed E-state index contributed by atoms with van der Waals surface area (Å²) in [4.78, 5) is 0. The second kappa shape index (κ2) is 6.27. The predicted molar refractivity (Wildman–Crippen MR) is 63.7 cm³/mol. The van der Waals surface area contributed by atoms with Gasteiger partial charge in [-0.15, -0.1) is 0 Å². The zero-order chi connectivity index (χ0) is 11.1. The Bertz CT molecular complexity index is 338. The lowest BCUT2D eigenvalue weighted by Gasteiger charge is -2.03. The lowest BCUT2D eigenvalue weighted by molar-refractivity contribution is 0.290. The number of rotatable bonds is 3. The fourth-order valence-corrected chi connectivity index (χ4v) is 1.28. The van der Waals surface area contributed by atoms with Crippen molar-refractivity contribution in [3.8, 4) is 11.8 Å². The van der Waals surface area contributed by atoms with Crippen LogP contribution in [0.3, 0.4) is 0 Å². The first-order valence-corrected chi connectivity index (χ1v) is 5.43. The summed E-state index contributed by atoms with van der Waals surface area (Å²) in [6, 6.07) is 8.37. The van der Waals surface area contributed by atoms with Crippen molar-refractivity contribution in [3.63, 3.8) is 0 Å². The van der Waals surface area contributed by atoms with Gasteiger partial charge < -0.3 is 5.11 Å². The molecular formula is C14H18O. The van der Waals surface area contributed by atoms with Gasteiger partial charge in [0.2, 0.25) is 0 Å². The zero-order valence-corrected chi connectivity index (χ0v) is 9.46. The molecule has 1 N–H and O–H groups in total. The standard InChI is InChI=1S/C14H18O/c1-12(2)14-9-7-13(8-10-14)6-4-3-5-11-15/h7-10,12,15H,3,5,11H2,1-2H3. The Hall–Kier alpha value is -1.26. The third kappa shape index (κ3) is 4.18. The minimum atomic E-state index is 0.223. The quantitative estimate of drug-likeness (QED) is 0.590. The molecule has 0 spiro atoms. The van der Waals surface area contributed by atoms with Gasteiger partial charge in [-0.1, -0.05) is 37.8 Å². The van der Waals surface area contributed by atoms with Crippen LogP contribution in [0.1, 0.15) is 43.7 Å². The van der Waals surface area contributed by atoms with Crippen molar-refractivity contribution in [2.45, 2.75) is 32.6 Å². The third-order valence-electron chi connectivity index (χ3n) is 2.27. The van der Waals surface area contributed by atoms with Gasteiger partial charge in [-0.3, -0.25) is 0 Å². The van der Waals surface area contributed by atoms with Crippen LogP contribution in [0, 0.1) is 11.8 Å². The van der Waals surface area contributed by atoms with Gasteiger partial charge in [-0.05, 0) is 30.0 Å². The van der Waals surface area contributed by atoms with Gasteiger partial charge in [0.25, 0.3) is 0 Å². The normalized spacial score (nSPS) is 9.87. The molecule has 0 saturated heterocycles. The molecule has 1 aromatic carbocycles. The average Bonchev–Trinajstić information content (AvgIpc) is 2.25. The van der Waals surface area contributed by atoms with Gasteiger partial charge in [-0.2, -0.15) is 0 Å². The summed E-state index contributed by atoms with van der Waals surface area (Å²) in [7, 11) is 0. The molecule has 80 valence electrons. The summed E-state index contributed by atoms with van der Waals surface area (Å²) >= 11 is 0. The second-order valence-electron chi connectivity index (χ2n) is 3.91. The summed E-state index contributed by atoms with van der Waals surface area (Å²) in [5.41, 5.74) is 2.40. The minimum Gasteiger partial charge on any atom is -0.396 e. The van der Waals surface area contributed by atoms with E-state index in [4.69, 9.17) is 5.11 Å². The molecule has 0 aliphatic heterocycles. The first kappa shape index (κ1) is 11.8. The SMILES string of the molecule is CC(C)c1ccc(C#CCCCO)cc1. The van der Waals surface area contributed by atoms with Gasteiger partial charge in [0.1, 0.15) is 0 Å². The Morgan fingerprint density at radius 2 is 1.87 bits per heavy atom. The van der Waals surface area contributed by atoms with Gasteiger partial charge in [0.15, 0.2) is 0 Å². The maximum atomic E-state index is 8.59. The van der Waals surface area contributed by atoms with Crippen LogP contribution in [0.25, 0.3) is 0 Å². The van der Waals surface area contributed by atoms with Crippen LogP contribution >= 0.6 is 0 Å². The van der Waals surface area contributed by atoms with E-state index in [0.29, 0.717) is 5.92 Å². The van der Waals surface area contributed by atoms with E-state index in [1.54, 1.807) is 0 Å². The maximum absolute atomic E-state index is 8.59. The lowest BCUT2D eigenvalue weighted by Crippen LogP contribution is -1.86. The Morgan fingerprint density at radius 1 is 1.20 bits per heavy atom. The van der Waals surface area contributed by atoms with Gasteiger partial charge in [0.05, 0.1) is 0 Å². The van der Waals surface area contributed by atoms with Crippen molar-refractivity contribution < 1.29 is 5.11 Å². The molecule has 0 radical (unpaired) electrons. The number of aliphatic hydroxyl groups excluding tert-OH is 1. The molecule has 0 saturated carbocycles. The molecule has 1 rings (SSSR count). The number of hydrogen-bond donors (Lipinski definition) is 1.